The summed E-state index contributed by atoms with van der Waals surface area (Å²) >= 11 is 0. The van der Waals surface area contributed by atoms with Crippen LogP contribution >= 0.6 is 0 Å². The predicted octanol–water partition coefficient (Wildman–Crippen LogP) is 4.75. The number of benzene rings is 3. The Hall–Kier alpha value is -3.01. The Kier molecular flexibility index (Phi) is 6.90. The normalized spacial score (nSPS) is 11.8. The summed E-state index contributed by atoms with van der Waals surface area (Å²) in [5, 5.41) is 5.26. The van der Waals surface area contributed by atoms with Crippen LogP contribution in [0.5, 0.6) is 11.5 Å². The molecule has 0 unspecified atom stereocenters. The molecular formula is C24H27NO3. The summed E-state index contributed by atoms with van der Waals surface area (Å²) in [6.07, 6.45) is 1.89. The molecule has 4 heteroatoms. The number of ether oxygens (including phenoxy) is 2. The summed E-state index contributed by atoms with van der Waals surface area (Å²) in [6, 6.07) is 22.0. The van der Waals surface area contributed by atoms with Crippen LogP contribution in [0.2, 0.25) is 0 Å². The number of fused-ring (bicyclic) bond motifs is 1. The van der Waals surface area contributed by atoms with Gasteiger partial charge in [-0.1, -0.05) is 49.4 Å². The number of hydrogen-bond donors (Lipinski definition) is 1. The van der Waals surface area contributed by atoms with Crippen LogP contribution in [0, 0.1) is 0 Å². The second-order valence-electron chi connectivity index (χ2n) is 6.77. The third-order valence-electron chi connectivity index (χ3n) is 4.74. The predicted molar refractivity (Wildman–Crippen MR) is 113 cm³/mol. The zero-order valence-electron chi connectivity index (χ0n) is 16.5. The van der Waals surface area contributed by atoms with Crippen molar-refractivity contribution in [3.8, 4) is 11.5 Å². The fourth-order valence-electron chi connectivity index (χ4n) is 3.17. The molecule has 0 radical (unpaired) electrons. The Balaban J connectivity index is 1.50. The van der Waals surface area contributed by atoms with E-state index in [-0.39, 0.29) is 5.91 Å². The lowest BCUT2D eigenvalue weighted by Gasteiger charge is -2.17. The van der Waals surface area contributed by atoms with Crippen molar-refractivity contribution in [2.45, 2.75) is 32.3 Å². The Labute approximate surface area is 166 Å². The van der Waals surface area contributed by atoms with Crippen molar-refractivity contribution >= 4 is 16.7 Å². The maximum absolute atomic E-state index is 12.5. The molecule has 3 rings (SSSR count). The molecule has 0 heterocycles. The summed E-state index contributed by atoms with van der Waals surface area (Å²) < 4.78 is 11.2. The minimum Gasteiger partial charge on any atom is -0.497 e. The van der Waals surface area contributed by atoms with Crippen molar-refractivity contribution < 1.29 is 14.3 Å². The SMILES string of the molecule is CC[C@@H](Oc1ccc2ccccc2c1)C(=O)NCCCc1cccc(OC)c1. The molecule has 0 fully saturated rings. The van der Waals surface area contributed by atoms with Gasteiger partial charge in [0.1, 0.15) is 11.5 Å². The summed E-state index contributed by atoms with van der Waals surface area (Å²) in [5.74, 6) is 1.51. The van der Waals surface area contributed by atoms with E-state index < -0.39 is 6.10 Å². The van der Waals surface area contributed by atoms with Crippen molar-refractivity contribution in [1.82, 2.24) is 5.32 Å². The average molecular weight is 377 g/mol. The van der Waals surface area contributed by atoms with E-state index in [1.807, 2.05) is 61.5 Å². The minimum atomic E-state index is -0.488. The van der Waals surface area contributed by atoms with Gasteiger partial charge in [0.15, 0.2) is 6.10 Å². The van der Waals surface area contributed by atoms with Crippen molar-refractivity contribution in [3.63, 3.8) is 0 Å². The number of hydrogen-bond acceptors (Lipinski definition) is 3. The molecule has 1 amide bonds. The molecule has 4 nitrogen and oxygen atoms in total. The number of aryl methyl sites for hydroxylation is 1. The van der Waals surface area contributed by atoms with E-state index in [9.17, 15) is 4.79 Å². The Bertz CT molecular complexity index is 922. The highest BCUT2D eigenvalue weighted by Crippen LogP contribution is 2.22. The molecule has 1 atom stereocenters. The molecule has 1 N–H and O–H groups in total. The first kappa shape index (κ1) is 19.7. The number of carbonyl (C=O) groups is 1. The number of amides is 1. The number of methoxy groups -OCH3 is 1. The average Bonchev–Trinajstić information content (AvgIpc) is 2.75. The van der Waals surface area contributed by atoms with E-state index in [2.05, 4.69) is 17.4 Å². The first-order valence-electron chi connectivity index (χ1n) is 9.75. The van der Waals surface area contributed by atoms with Gasteiger partial charge in [-0.3, -0.25) is 4.79 Å². The highest BCUT2D eigenvalue weighted by Gasteiger charge is 2.18. The minimum absolute atomic E-state index is 0.0682. The van der Waals surface area contributed by atoms with Gasteiger partial charge in [0.2, 0.25) is 0 Å². The first-order chi connectivity index (χ1) is 13.7. The number of carbonyl (C=O) groups excluding carboxylic acids is 1. The lowest BCUT2D eigenvalue weighted by molar-refractivity contribution is -0.128. The van der Waals surface area contributed by atoms with E-state index in [4.69, 9.17) is 9.47 Å². The maximum atomic E-state index is 12.5. The van der Waals surface area contributed by atoms with Gasteiger partial charge in [0.25, 0.3) is 5.91 Å². The molecule has 146 valence electrons. The van der Waals surface area contributed by atoms with Gasteiger partial charge >= 0.3 is 0 Å². The van der Waals surface area contributed by atoms with Crippen LogP contribution in [-0.2, 0) is 11.2 Å². The van der Waals surface area contributed by atoms with Crippen LogP contribution < -0.4 is 14.8 Å². The molecule has 0 bridgehead atoms. The molecule has 0 aromatic heterocycles. The maximum Gasteiger partial charge on any atom is 0.261 e. The van der Waals surface area contributed by atoms with Gasteiger partial charge in [-0.15, -0.1) is 0 Å². The van der Waals surface area contributed by atoms with E-state index in [0.29, 0.717) is 13.0 Å². The Morgan fingerprint density at radius 1 is 0.964 bits per heavy atom. The molecule has 0 saturated heterocycles. The lowest BCUT2D eigenvalue weighted by Crippen LogP contribution is -2.38. The fourth-order valence-corrected chi connectivity index (χ4v) is 3.17. The zero-order chi connectivity index (χ0) is 19.8. The van der Waals surface area contributed by atoms with Crippen molar-refractivity contribution in [1.29, 1.82) is 0 Å². The lowest BCUT2D eigenvalue weighted by atomic mass is 10.1. The summed E-state index contributed by atoms with van der Waals surface area (Å²) in [4.78, 5) is 12.5. The Morgan fingerprint density at radius 2 is 1.79 bits per heavy atom. The first-order valence-corrected chi connectivity index (χ1v) is 9.75. The van der Waals surface area contributed by atoms with Crippen LogP contribution in [0.15, 0.2) is 66.7 Å². The smallest absolute Gasteiger partial charge is 0.261 e. The third kappa shape index (κ3) is 5.26. The molecule has 0 aliphatic heterocycles. The van der Waals surface area contributed by atoms with Gasteiger partial charge < -0.3 is 14.8 Å². The molecule has 0 aliphatic rings. The van der Waals surface area contributed by atoms with Gasteiger partial charge in [-0.05, 0) is 59.9 Å². The topological polar surface area (TPSA) is 47.6 Å². The van der Waals surface area contributed by atoms with E-state index in [1.54, 1.807) is 7.11 Å². The van der Waals surface area contributed by atoms with Crippen molar-refractivity contribution in [3.05, 3.63) is 72.3 Å². The largest absolute Gasteiger partial charge is 0.497 e. The second-order valence-corrected chi connectivity index (χ2v) is 6.77. The number of nitrogens with one attached hydrogen (secondary N) is 1. The molecular weight excluding hydrogens is 350 g/mol. The number of rotatable bonds is 9. The van der Waals surface area contributed by atoms with Crippen molar-refractivity contribution in [2.24, 2.45) is 0 Å². The quantitative estimate of drug-likeness (QED) is 0.547. The molecule has 0 saturated carbocycles. The third-order valence-corrected chi connectivity index (χ3v) is 4.74. The van der Waals surface area contributed by atoms with E-state index >= 15 is 0 Å². The fraction of sp³-hybridized carbons (Fsp3) is 0.292. The second kappa shape index (κ2) is 9.79. The Morgan fingerprint density at radius 3 is 2.57 bits per heavy atom. The molecule has 28 heavy (non-hydrogen) atoms. The van der Waals surface area contributed by atoms with Gasteiger partial charge in [0.05, 0.1) is 7.11 Å². The highest BCUT2D eigenvalue weighted by molar-refractivity contribution is 5.84. The van der Waals surface area contributed by atoms with E-state index in [0.717, 1.165) is 35.1 Å². The van der Waals surface area contributed by atoms with Gasteiger partial charge in [-0.25, -0.2) is 0 Å². The summed E-state index contributed by atoms with van der Waals surface area (Å²) in [5.41, 5.74) is 1.20. The standard InChI is InChI=1S/C24H27NO3/c1-3-23(28-22-14-13-19-10-4-5-11-20(19)17-22)24(26)25-15-7-9-18-8-6-12-21(16-18)27-2/h4-6,8,10-14,16-17,23H,3,7,9,15H2,1-2H3,(H,25,26)/t23-/m1/s1. The van der Waals surface area contributed by atoms with Crippen LogP contribution in [0.4, 0.5) is 0 Å². The van der Waals surface area contributed by atoms with Crippen LogP contribution in [0.1, 0.15) is 25.3 Å². The zero-order valence-corrected chi connectivity index (χ0v) is 16.5. The van der Waals surface area contributed by atoms with Crippen LogP contribution in [0.3, 0.4) is 0 Å². The van der Waals surface area contributed by atoms with Crippen LogP contribution in [0.25, 0.3) is 10.8 Å². The highest BCUT2D eigenvalue weighted by atomic mass is 16.5. The van der Waals surface area contributed by atoms with Crippen molar-refractivity contribution in [2.75, 3.05) is 13.7 Å². The summed E-state index contributed by atoms with van der Waals surface area (Å²) in [6.45, 7) is 2.58. The van der Waals surface area contributed by atoms with Gasteiger partial charge in [0, 0.05) is 6.54 Å². The summed E-state index contributed by atoms with van der Waals surface area (Å²) in [7, 11) is 1.67. The van der Waals surface area contributed by atoms with Gasteiger partial charge in [-0.2, -0.15) is 0 Å². The monoisotopic (exact) mass is 377 g/mol. The molecule has 0 spiro atoms. The van der Waals surface area contributed by atoms with E-state index in [1.165, 1.54) is 5.56 Å². The molecule has 0 aliphatic carbocycles. The molecule has 3 aromatic carbocycles. The molecule has 3 aromatic rings. The van der Waals surface area contributed by atoms with Crippen LogP contribution in [-0.4, -0.2) is 25.7 Å².